The number of carbonyl (C=O) groups is 1. The summed E-state index contributed by atoms with van der Waals surface area (Å²) in [6.45, 7) is 0.890. The highest BCUT2D eigenvalue weighted by Gasteiger charge is 2.25. The molecule has 1 aliphatic carbocycles. The highest BCUT2D eigenvalue weighted by atomic mass is 16.2. The van der Waals surface area contributed by atoms with Crippen LogP contribution < -0.4 is 4.90 Å². The molecule has 4 nitrogen and oxygen atoms in total. The quantitative estimate of drug-likeness (QED) is 0.294. The highest BCUT2D eigenvalue weighted by Crippen LogP contribution is 2.29. The van der Waals surface area contributed by atoms with Gasteiger partial charge in [0, 0.05) is 31.6 Å². The normalized spacial score (nSPS) is 14.3. The van der Waals surface area contributed by atoms with Crippen LogP contribution in [-0.2, 0) is 30.6 Å². The molecule has 4 heteroatoms. The van der Waals surface area contributed by atoms with Crippen molar-refractivity contribution in [3.8, 4) is 0 Å². The molecule has 0 radical (unpaired) electrons. The SMILES string of the molecule is CN(C(=O)C1CCCCC1)c1ccc2c(c1)nc(CCc1ccccc1)n2CCc1ccccc1. The van der Waals surface area contributed by atoms with Crippen molar-refractivity contribution in [2.45, 2.75) is 57.9 Å². The van der Waals surface area contributed by atoms with E-state index in [1.807, 2.05) is 11.9 Å². The average molecular weight is 466 g/mol. The van der Waals surface area contributed by atoms with Crippen LogP contribution in [0.4, 0.5) is 5.69 Å². The highest BCUT2D eigenvalue weighted by molar-refractivity contribution is 5.96. The summed E-state index contributed by atoms with van der Waals surface area (Å²) in [7, 11) is 1.92. The number of hydrogen-bond donors (Lipinski definition) is 0. The predicted octanol–water partition coefficient (Wildman–Crippen LogP) is 6.61. The Bertz CT molecular complexity index is 1260. The van der Waals surface area contributed by atoms with Crippen molar-refractivity contribution in [3.63, 3.8) is 0 Å². The Balaban J connectivity index is 1.41. The van der Waals surface area contributed by atoms with Crippen LogP contribution >= 0.6 is 0 Å². The average Bonchev–Trinajstić information content (AvgIpc) is 3.28. The van der Waals surface area contributed by atoms with Crippen molar-refractivity contribution in [2.75, 3.05) is 11.9 Å². The van der Waals surface area contributed by atoms with Gasteiger partial charge in [-0.25, -0.2) is 4.98 Å². The molecule has 1 heterocycles. The molecule has 1 fully saturated rings. The number of benzene rings is 3. The zero-order valence-electron chi connectivity index (χ0n) is 20.7. The number of aryl methyl sites for hydroxylation is 4. The first-order valence-electron chi connectivity index (χ1n) is 13.0. The minimum absolute atomic E-state index is 0.161. The molecule has 0 N–H and O–H groups in total. The van der Waals surface area contributed by atoms with E-state index in [0.29, 0.717) is 0 Å². The van der Waals surface area contributed by atoms with Crippen LogP contribution in [0.1, 0.15) is 49.1 Å². The van der Waals surface area contributed by atoms with Crippen LogP contribution in [0, 0.1) is 5.92 Å². The fraction of sp³-hybridized carbons (Fsp3) is 0.355. The molecule has 0 spiro atoms. The molecule has 1 saturated carbocycles. The minimum Gasteiger partial charge on any atom is -0.328 e. The number of amides is 1. The third kappa shape index (κ3) is 5.48. The van der Waals surface area contributed by atoms with Crippen LogP contribution in [0.3, 0.4) is 0 Å². The Hall–Kier alpha value is -3.40. The number of anilines is 1. The van der Waals surface area contributed by atoms with Gasteiger partial charge in [-0.3, -0.25) is 4.79 Å². The standard InChI is InChI=1S/C31H35N3O/c1-33(31(35)26-15-9-4-10-16-26)27-18-19-29-28(23-27)32-30(20-17-24-11-5-2-6-12-24)34(29)22-21-25-13-7-3-8-14-25/h2-3,5-8,11-14,18-19,23,26H,4,9-10,15-17,20-22H2,1H3. The van der Waals surface area contributed by atoms with Gasteiger partial charge in [0.05, 0.1) is 11.0 Å². The van der Waals surface area contributed by atoms with E-state index in [-0.39, 0.29) is 11.8 Å². The molecular formula is C31H35N3O. The Kier molecular flexibility index (Phi) is 7.27. The summed E-state index contributed by atoms with van der Waals surface area (Å²) in [5.74, 6) is 1.52. The molecule has 0 unspecified atom stereocenters. The van der Waals surface area contributed by atoms with E-state index >= 15 is 0 Å². The number of aromatic nitrogens is 2. The zero-order chi connectivity index (χ0) is 24.0. The molecule has 3 aromatic carbocycles. The smallest absolute Gasteiger partial charge is 0.229 e. The first-order chi connectivity index (χ1) is 17.2. The summed E-state index contributed by atoms with van der Waals surface area (Å²) in [5.41, 5.74) is 5.72. The second-order valence-corrected chi connectivity index (χ2v) is 9.81. The summed E-state index contributed by atoms with van der Waals surface area (Å²) in [6, 6.07) is 27.6. The lowest BCUT2D eigenvalue weighted by Gasteiger charge is -2.26. The first kappa shape index (κ1) is 23.3. The maximum atomic E-state index is 13.1. The van der Waals surface area contributed by atoms with Crippen LogP contribution in [0.5, 0.6) is 0 Å². The van der Waals surface area contributed by atoms with Crippen LogP contribution in [0.15, 0.2) is 78.9 Å². The van der Waals surface area contributed by atoms with Gasteiger partial charge in [-0.2, -0.15) is 0 Å². The van der Waals surface area contributed by atoms with Crippen molar-refractivity contribution in [1.29, 1.82) is 0 Å². The fourth-order valence-corrected chi connectivity index (χ4v) is 5.35. The van der Waals surface area contributed by atoms with Gasteiger partial charge in [0.2, 0.25) is 5.91 Å². The van der Waals surface area contributed by atoms with Gasteiger partial charge in [0.1, 0.15) is 5.82 Å². The molecule has 0 aliphatic heterocycles. The zero-order valence-corrected chi connectivity index (χ0v) is 20.7. The summed E-state index contributed by atoms with van der Waals surface area (Å²) in [5, 5.41) is 0. The van der Waals surface area contributed by atoms with Crippen molar-refractivity contribution < 1.29 is 4.79 Å². The summed E-state index contributed by atoms with van der Waals surface area (Å²) < 4.78 is 2.37. The Morgan fingerprint density at radius 1 is 0.857 bits per heavy atom. The molecule has 0 saturated heterocycles. The number of imidazole rings is 1. The molecule has 0 bridgehead atoms. The molecule has 4 aromatic rings. The summed E-state index contributed by atoms with van der Waals surface area (Å²) in [6.07, 6.45) is 8.44. The lowest BCUT2D eigenvalue weighted by molar-refractivity contribution is -0.123. The second-order valence-electron chi connectivity index (χ2n) is 9.81. The Morgan fingerprint density at radius 2 is 1.51 bits per heavy atom. The largest absolute Gasteiger partial charge is 0.328 e. The lowest BCUT2D eigenvalue weighted by atomic mass is 9.88. The summed E-state index contributed by atoms with van der Waals surface area (Å²) in [4.78, 5) is 20.1. The maximum absolute atomic E-state index is 13.1. The van der Waals surface area contributed by atoms with E-state index in [2.05, 4.69) is 83.4 Å². The number of rotatable bonds is 8. The minimum atomic E-state index is 0.161. The first-order valence-corrected chi connectivity index (χ1v) is 13.0. The number of hydrogen-bond acceptors (Lipinski definition) is 2. The predicted molar refractivity (Wildman–Crippen MR) is 144 cm³/mol. The third-order valence-corrected chi connectivity index (χ3v) is 7.43. The molecule has 180 valence electrons. The molecular weight excluding hydrogens is 430 g/mol. The summed E-state index contributed by atoms with van der Waals surface area (Å²) >= 11 is 0. The van der Waals surface area contributed by atoms with Crippen LogP contribution in [-0.4, -0.2) is 22.5 Å². The second kappa shape index (κ2) is 10.9. The van der Waals surface area contributed by atoms with Gasteiger partial charge >= 0.3 is 0 Å². The molecule has 0 atom stereocenters. The van der Waals surface area contributed by atoms with Gasteiger partial charge < -0.3 is 9.47 Å². The van der Waals surface area contributed by atoms with E-state index in [1.165, 1.54) is 30.4 Å². The monoisotopic (exact) mass is 465 g/mol. The molecule has 1 aromatic heterocycles. The van der Waals surface area contributed by atoms with Crippen LogP contribution in [0.2, 0.25) is 0 Å². The van der Waals surface area contributed by atoms with E-state index < -0.39 is 0 Å². The van der Waals surface area contributed by atoms with Gasteiger partial charge in [0.25, 0.3) is 0 Å². The van der Waals surface area contributed by atoms with Crippen molar-refractivity contribution in [2.24, 2.45) is 5.92 Å². The van der Waals surface area contributed by atoms with E-state index in [4.69, 9.17) is 4.98 Å². The molecule has 1 amide bonds. The number of fused-ring (bicyclic) bond motifs is 1. The van der Waals surface area contributed by atoms with E-state index in [9.17, 15) is 4.79 Å². The topological polar surface area (TPSA) is 38.1 Å². The fourth-order valence-electron chi connectivity index (χ4n) is 5.35. The Morgan fingerprint density at radius 3 is 2.20 bits per heavy atom. The van der Waals surface area contributed by atoms with Crippen LogP contribution in [0.25, 0.3) is 11.0 Å². The molecule has 5 rings (SSSR count). The molecule has 1 aliphatic rings. The third-order valence-electron chi connectivity index (χ3n) is 7.43. The van der Waals surface area contributed by atoms with Gasteiger partial charge in [0.15, 0.2) is 0 Å². The van der Waals surface area contributed by atoms with Gasteiger partial charge in [-0.15, -0.1) is 0 Å². The van der Waals surface area contributed by atoms with E-state index in [0.717, 1.165) is 61.2 Å². The van der Waals surface area contributed by atoms with Crippen molar-refractivity contribution in [1.82, 2.24) is 9.55 Å². The number of nitrogens with zero attached hydrogens (tertiary/aromatic N) is 3. The molecule has 35 heavy (non-hydrogen) atoms. The number of carbonyl (C=O) groups excluding carboxylic acids is 1. The van der Waals surface area contributed by atoms with Crippen molar-refractivity contribution >= 4 is 22.6 Å². The lowest BCUT2D eigenvalue weighted by Crippen LogP contribution is -2.33. The Labute approximate surface area is 208 Å². The maximum Gasteiger partial charge on any atom is 0.229 e. The van der Waals surface area contributed by atoms with Crippen molar-refractivity contribution in [3.05, 3.63) is 95.8 Å². The van der Waals surface area contributed by atoms with E-state index in [1.54, 1.807) is 0 Å². The van der Waals surface area contributed by atoms with Gasteiger partial charge in [-0.1, -0.05) is 79.9 Å². The van der Waals surface area contributed by atoms with Gasteiger partial charge in [-0.05, 0) is 55.0 Å².